The molecule has 1 aromatic heterocycles. The molecular weight excluding hydrogens is 334 g/mol. The smallest absolute Gasteiger partial charge is 0.254 e. The number of methoxy groups -OCH3 is 1. The van der Waals surface area contributed by atoms with Crippen molar-refractivity contribution in [2.45, 2.75) is 38.3 Å². The molecule has 1 aliphatic heterocycles. The number of ether oxygens (including phenoxy) is 2. The monoisotopic (exact) mass is 357 g/mol. The molecule has 2 aromatic rings. The number of amides is 1. The number of hydrogen-bond acceptors (Lipinski definition) is 6. The highest BCUT2D eigenvalue weighted by Crippen LogP contribution is 2.34. The van der Waals surface area contributed by atoms with Crippen LogP contribution in [-0.2, 0) is 4.74 Å². The van der Waals surface area contributed by atoms with E-state index in [1.165, 1.54) is 12.8 Å². The number of carbonyl (C=O) groups excluding carboxylic acids is 1. The molecule has 7 nitrogen and oxygen atoms in total. The van der Waals surface area contributed by atoms with Gasteiger partial charge in [-0.3, -0.25) is 4.79 Å². The van der Waals surface area contributed by atoms with E-state index in [2.05, 4.69) is 10.2 Å². The van der Waals surface area contributed by atoms with E-state index in [4.69, 9.17) is 13.9 Å². The number of benzene rings is 1. The topological polar surface area (TPSA) is 77.7 Å². The fraction of sp³-hybridized carbons (Fsp3) is 0.526. The van der Waals surface area contributed by atoms with E-state index in [0.717, 1.165) is 12.4 Å². The molecule has 1 amide bonds. The first-order valence-corrected chi connectivity index (χ1v) is 9.00. The highest BCUT2D eigenvalue weighted by Gasteiger charge is 2.39. The van der Waals surface area contributed by atoms with Gasteiger partial charge in [0.1, 0.15) is 11.8 Å². The number of rotatable bonds is 6. The van der Waals surface area contributed by atoms with Gasteiger partial charge in [0.25, 0.3) is 5.91 Å². The molecule has 0 spiro atoms. The van der Waals surface area contributed by atoms with Crippen molar-refractivity contribution in [3.63, 3.8) is 0 Å². The Hall–Kier alpha value is -2.41. The number of aromatic nitrogens is 2. The predicted molar refractivity (Wildman–Crippen MR) is 92.9 cm³/mol. The minimum atomic E-state index is -0.264. The molecule has 0 unspecified atom stereocenters. The highest BCUT2D eigenvalue weighted by atomic mass is 16.5. The lowest BCUT2D eigenvalue weighted by Gasteiger charge is -2.22. The van der Waals surface area contributed by atoms with Crippen molar-refractivity contribution in [3.8, 4) is 5.75 Å². The van der Waals surface area contributed by atoms with Crippen LogP contribution < -0.4 is 4.74 Å². The van der Waals surface area contributed by atoms with Crippen LogP contribution >= 0.6 is 0 Å². The first kappa shape index (κ1) is 17.0. The van der Waals surface area contributed by atoms with Gasteiger partial charge in [-0.15, -0.1) is 10.2 Å². The van der Waals surface area contributed by atoms with Crippen LogP contribution in [0.2, 0.25) is 0 Å². The summed E-state index contributed by atoms with van der Waals surface area (Å²) in [7, 11) is 1.65. The Morgan fingerprint density at radius 3 is 2.65 bits per heavy atom. The zero-order valence-electron chi connectivity index (χ0n) is 15.1. The molecule has 2 aliphatic rings. The lowest BCUT2D eigenvalue weighted by atomic mass is 10.1. The van der Waals surface area contributed by atoms with Crippen molar-refractivity contribution < 1.29 is 18.7 Å². The second-order valence-corrected chi connectivity index (χ2v) is 7.00. The average Bonchev–Trinajstić information content (AvgIpc) is 3.23. The van der Waals surface area contributed by atoms with Gasteiger partial charge < -0.3 is 18.8 Å². The molecule has 7 heteroatoms. The standard InChI is InChI=1S/C19H23N3O4/c1-12-20-21-18(26-12)17-9-16(24-2)10-22(17)19(23)14-5-7-15(8-6-14)25-11-13-3-4-13/h5-8,13,16-17H,3-4,9-11H2,1-2H3/t16-,17+/m0/s1. The lowest BCUT2D eigenvalue weighted by molar-refractivity contribution is 0.0674. The zero-order valence-corrected chi connectivity index (χ0v) is 15.1. The summed E-state index contributed by atoms with van der Waals surface area (Å²) < 4.78 is 16.8. The van der Waals surface area contributed by atoms with Gasteiger partial charge in [0, 0.05) is 32.6 Å². The van der Waals surface area contributed by atoms with Crippen LogP contribution in [0.25, 0.3) is 0 Å². The van der Waals surface area contributed by atoms with Crippen LogP contribution in [0.4, 0.5) is 0 Å². The molecule has 1 saturated heterocycles. The Bertz CT molecular complexity index is 769. The quantitative estimate of drug-likeness (QED) is 0.791. The summed E-state index contributed by atoms with van der Waals surface area (Å²) in [6.07, 6.45) is 3.11. The molecule has 1 aliphatic carbocycles. The summed E-state index contributed by atoms with van der Waals surface area (Å²) in [5.74, 6) is 2.38. The second-order valence-electron chi connectivity index (χ2n) is 7.00. The van der Waals surface area contributed by atoms with E-state index < -0.39 is 0 Å². The van der Waals surface area contributed by atoms with Gasteiger partial charge in [-0.05, 0) is 43.0 Å². The molecule has 2 fully saturated rings. The van der Waals surface area contributed by atoms with Crippen molar-refractivity contribution in [1.82, 2.24) is 15.1 Å². The van der Waals surface area contributed by atoms with Gasteiger partial charge in [-0.2, -0.15) is 0 Å². The van der Waals surface area contributed by atoms with Gasteiger partial charge in [0.05, 0.1) is 12.7 Å². The summed E-state index contributed by atoms with van der Waals surface area (Å²) in [6, 6.07) is 7.05. The normalized spacial score (nSPS) is 22.6. The largest absolute Gasteiger partial charge is 0.493 e. The molecule has 0 bridgehead atoms. The molecular formula is C19H23N3O4. The van der Waals surface area contributed by atoms with Crippen molar-refractivity contribution in [3.05, 3.63) is 41.6 Å². The van der Waals surface area contributed by atoms with Gasteiger partial charge in [-0.1, -0.05) is 0 Å². The van der Waals surface area contributed by atoms with Crippen molar-refractivity contribution in [2.24, 2.45) is 5.92 Å². The van der Waals surface area contributed by atoms with Gasteiger partial charge in [0.2, 0.25) is 11.8 Å². The Morgan fingerprint density at radius 2 is 2.04 bits per heavy atom. The van der Waals surface area contributed by atoms with Crippen LogP contribution in [0.3, 0.4) is 0 Å². The summed E-state index contributed by atoms with van der Waals surface area (Å²) in [5.41, 5.74) is 0.613. The summed E-state index contributed by atoms with van der Waals surface area (Å²) in [6.45, 7) is 3.00. The van der Waals surface area contributed by atoms with Crippen LogP contribution in [-0.4, -0.2) is 47.4 Å². The van der Waals surface area contributed by atoms with Crippen molar-refractivity contribution in [2.75, 3.05) is 20.3 Å². The zero-order chi connectivity index (χ0) is 18.1. The molecule has 2 heterocycles. The third-order valence-corrected chi connectivity index (χ3v) is 4.97. The van der Waals surface area contributed by atoms with Gasteiger partial charge in [-0.25, -0.2) is 0 Å². The first-order chi connectivity index (χ1) is 12.6. The van der Waals surface area contributed by atoms with Crippen LogP contribution in [0.15, 0.2) is 28.7 Å². The van der Waals surface area contributed by atoms with Crippen LogP contribution in [0.5, 0.6) is 5.75 Å². The molecule has 0 N–H and O–H groups in total. The molecule has 0 radical (unpaired) electrons. The van der Waals surface area contributed by atoms with Crippen LogP contribution in [0.1, 0.15) is 47.4 Å². The maximum atomic E-state index is 13.0. The van der Waals surface area contributed by atoms with E-state index >= 15 is 0 Å². The van der Waals surface area contributed by atoms with Gasteiger partial charge >= 0.3 is 0 Å². The SMILES string of the molecule is CO[C@H]1C[C@H](c2nnc(C)o2)N(C(=O)c2ccc(OCC3CC3)cc2)C1. The number of hydrogen-bond donors (Lipinski definition) is 0. The maximum Gasteiger partial charge on any atom is 0.254 e. The minimum absolute atomic E-state index is 0.0442. The van der Waals surface area contributed by atoms with Crippen molar-refractivity contribution in [1.29, 1.82) is 0 Å². The Morgan fingerprint density at radius 1 is 1.27 bits per heavy atom. The van der Waals surface area contributed by atoms with Gasteiger partial charge in [0.15, 0.2) is 0 Å². The average molecular weight is 357 g/mol. The molecule has 1 saturated carbocycles. The van der Waals surface area contributed by atoms with E-state index in [9.17, 15) is 4.79 Å². The molecule has 1 aromatic carbocycles. The van der Waals surface area contributed by atoms with Crippen molar-refractivity contribution >= 4 is 5.91 Å². The highest BCUT2D eigenvalue weighted by molar-refractivity contribution is 5.94. The Kier molecular flexibility index (Phi) is 4.63. The van der Waals surface area contributed by atoms with E-state index in [-0.39, 0.29) is 18.1 Å². The van der Waals surface area contributed by atoms with E-state index in [1.807, 2.05) is 12.1 Å². The Balaban J connectivity index is 1.49. The maximum absolute atomic E-state index is 13.0. The summed E-state index contributed by atoms with van der Waals surface area (Å²) in [4.78, 5) is 14.8. The predicted octanol–water partition coefficient (Wildman–Crippen LogP) is 2.77. The number of nitrogens with zero attached hydrogens (tertiary/aromatic N) is 3. The number of aryl methyl sites for hydroxylation is 1. The fourth-order valence-electron chi connectivity index (χ4n) is 3.23. The molecule has 2 atom stereocenters. The van der Waals surface area contributed by atoms with E-state index in [1.54, 1.807) is 31.1 Å². The van der Waals surface area contributed by atoms with E-state index in [0.29, 0.717) is 36.2 Å². The first-order valence-electron chi connectivity index (χ1n) is 9.00. The molecule has 26 heavy (non-hydrogen) atoms. The third kappa shape index (κ3) is 3.58. The third-order valence-electron chi connectivity index (χ3n) is 4.97. The molecule has 138 valence electrons. The lowest BCUT2D eigenvalue weighted by Crippen LogP contribution is -2.32. The number of carbonyl (C=O) groups is 1. The molecule has 4 rings (SSSR count). The Labute approximate surface area is 152 Å². The fourth-order valence-corrected chi connectivity index (χ4v) is 3.23. The summed E-state index contributed by atoms with van der Waals surface area (Å²) >= 11 is 0. The second kappa shape index (κ2) is 7.07. The summed E-state index contributed by atoms with van der Waals surface area (Å²) in [5, 5.41) is 7.99. The van der Waals surface area contributed by atoms with Crippen LogP contribution in [0, 0.1) is 12.8 Å². The number of likely N-dealkylation sites (tertiary alicyclic amines) is 1. The minimum Gasteiger partial charge on any atom is -0.493 e.